The maximum atomic E-state index is 12.5. The van der Waals surface area contributed by atoms with Crippen LogP contribution in [-0.2, 0) is 13.5 Å². The molecule has 0 amide bonds. The molecule has 0 radical (unpaired) electrons. The minimum Gasteiger partial charge on any atom is -0.493 e. The summed E-state index contributed by atoms with van der Waals surface area (Å²) in [5.74, 6) is 1.84. The van der Waals surface area contributed by atoms with E-state index in [1.807, 2.05) is 29.9 Å². The van der Waals surface area contributed by atoms with Crippen LogP contribution in [0.4, 0.5) is 0 Å². The highest BCUT2D eigenvalue weighted by molar-refractivity contribution is 6.03. The van der Waals surface area contributed by atoms with Crippen molar-refractivity contribution in [1.29, 1.82) is 0 Å². The Labute approximate surface area is 129 Å². The van der Waals surface area contributed by atoms with Gasteiger partial charge in [-0.25, -0.2) is 0 Å². The molecule has 3 rings (SSSR count). The van der Waals surface area contributed by atoms with Crippen LogP contribution in [0.1, 0.15) is 29.4 Å². The molecular weight excluding hydrogens is 280 g/mol. The number of aryl methyl sites for hydroxylation is 1. The summed E-state index contributed by atoms with van der Waals surface area (Å²) in [5, 5.41) is 4.58. The number of ketones is 1. The van der Waals surface area contributed by atoms with Crippen molar-refractivity contribution in [2.75, 3.05) is 14.2 Å². The Hall–Kier alpha value is -2.30. The fraction of sp³-hybridized carbons (Fsp3) is 0.412. The minimum absolute atomic E-state index is 0.173. The fourth-order valence-electron chi connectivity index (χ4n) is 3.09. The van der Waals surface area contributed by atoms with Crippen molar-refractivity contribution in [2.45, 2.75) is 19.8 Å². The molecule has 5 nitrogen and oxygen atoms in total. The van der Waals surface area contributed by atoms with Gasteiger partial charge in [0.15, 0.2) is 17.3 Å². The van der Waals surface area contributed by atoms with Gasteiger partial charge in [0.1, 0.15) is 5.69 Å². The molecule has 1 aromatic carbocycles. The lowest BCUT2D eigenvalue weighted by atomic mass is 9.86. The van der Waals surface area contributed by atoms with Crippen LogP contribution >= 0.6 is 0 Å². The molecule has 0 bridgehead atoms. The number of nitrogens with zero attached hydrogens (tertiary/aromatic N) is 2. The van der Waals surface area contributed by atoms with Crippen molar-refractivity contribution in [1.82, 2.24) is 9.78 Å². The van der Waals surface area contributed by atoms with Gasteiger partial charge in [0.2, 0.25) is 0 Å². The minimum atomic E-state index is 0.173. The van der Waals surface area contributed by atoms with Crippen molar-refractivity contribution in [3.8, 4) is 22.8 Å². The van der Waals surface area contributed by atoms with E-state index in [1.165, 1.54) is 0 Å². The van der Waals surface area contributed by atoms with Crippen LogP contribution in [0.25, 0.3) is 11.3 Å². The quantitative estimate of drug-likeness (QED) is 0.874. The van der Waals surface area contributed by atoms with Crippen LogP contribution in [-0.4, -0.2) is 29.8 Å². The molecule has 0 saturated carbocycles. The Balaban J connectivity index is 2.14. The van der Waals surface area contributed by atoms with Gasteiger partial charge in [-0.1, -0.05) is 6.92 Å². The Morgan fingerprint density at radius 3 is 2.59 bits per heavy atom. The van der Waals surface area contributed by atoms with E-state index in [1.54, 1.807) is 14.2 Å². The van der Waals surface area contributed by atoms with Gasteiger partial charge in [0, 0.05) is 24.7 Å². The van der Waals surface area contributed by atoms with Gasteiger partial charge in [-0.15, -0.1) is 0 Å². The molecule has 1 aliphatic rings. The Morgan fingerprint density at radius 1 is 1.18 bits per heavy atom. The predicted octanol–water partition coefficient (Wildman–Crippen LogP) is 2.87. The van der Waals surface area contributed by atoms with Gasteiger partial charge in [-0.05, 0) is 30.5 Å². The van der Waals surface area contributed by atoms with Crippen LogP contribution < -0.4 is 9.47 Å². The summed E-state index contributed by atoms with van der Waals surface area (Å²) in [4.78, 5) is 12.5. The summed E-state index contributed by atoms with van der Waals surface area (Å²) in [6, 6.07) is 5.62. The van der Waals surface area contributed by atoms with Crippen molar-refractivity contribution in [3.05, 3.63) is 29.5 Å². The molecular formula is C17H20N2O3. The molecule has 0 spiro atoms. The largest absolute Gasteiger partial charge is 0.493 e. The highest BCUT2D eigenvalue weighted by atomic mass is 16.5. The normalized spacial score (nSPS) is 17.3. The van der Waals surface area contributed by atoms with Crippen molar-refractivity contribution in [3.63, 3.8) is 0 Å². The number of hydrogen-bond acceptors (Lipinski definition) is 4. The van der Waals surface area contributed by atoms with E-state index < -0.39 is 0 Å². The lowest BCUT2D eigenvalue weighted by molar-refractivity contribution is 0.0953. The third kappa shape index (κ3) is 2.26. The van der Waals surface area contributed by atoms with Crippen LogP contribution in [0.15, 0.2) is 18.2 Å². The summed E-state index contributed by atoms with van der Waals surface area (Å²) in [6.45, 7) is 2.10. The second kappa shape index (κ2) is 5.48. The average Bonchev–Trinajstić information content (AvgIpc) is 2.84. The van der Waals surface area contributed by atoms with E-state index in [4.69, 9.17) is 9.47 Å². The molecule has 1 atom stereocenters. The fourth-order valence-corrected chi connectivity index (χ4v) is 3.09. The number of methoxy groups -OCH3 is 2. The first-order valence-corrected chi connectivity index (χ1v) is 7.36. The lowest BCUT2D eigenvalue weighted by Crippen LogP contribution is -2.19. The maximum absolute atomic E-state index is 12.5. The van der Waals surface area contributed by atoms with E-state index in [9.17, 15) is 4.79 Å². The molecule has 0 saturated heterocycles. The number of aromatic nitrogens is 2. The zero-order chi connectivity index (χ0) is 15.9. The number of fused-ring (bicyclic) bond motifs is 1. The van der Waals surface area contributed by atoms with E-state index >= 15 is 0 Å². The molecule has 116 valence electrons. The average molecular weight is 300 g/mol. The first kappa shape index (κ1) is 14.6. The van der Waals surface area contributed by atoms with Crippen LogP contribution in [0.5, 0.6) is 11.5 Å². The number of hydrogen-bond donors (Lipinski definition) is 0. The molecule has 1 heterocycles. The summed E-state index contributed by atoms with van der Waals surface area (Å²) in [7, 11) is 5.10. The second-order valence-corrected chi connectivity index (χ2v) is 5.80. The summed E-state index contributed by atoms with van der Waals surface area (Å²) >= 11 is 0. The third-order valence-electron chi connectivity index (χ3n) is 4.18. The Bertz CT molecular complexity index is 734. The maximum Gasteiger partial charge on any atom is 0.167 e. The highest BCUT2D eigenvalue weighted by Crippen LogP contribution is 2.36. The van der Waals surface area contributed by atoms with Crippen LogP contribution in [0.2, 0.25) is 0 Å². The molecule has 2 aromatic rings. The molecule has 0 fully saturated rings. The first-order chi connectivity index (χ1) is 10.5. The highest BCUT2D eigenvalue weighted by Gasteiger charge is 2.30. The molecule has 1 aliphatic carbocycles. The third-order valence-corrected chi connectivity index (χ3v) is 4.18. The van der Waals surface area contributed by atoms with Crippen molar-refractivity contribution < 1.29 is 14.3 Å². The SMILES string of the molecule is COc1ccc(-c2nn(C)c3c2C(=O)C[C@H](C)C3)cc1OC. The second-order valence-electron chi connectivity index (χ2n) is 5.80. The molecule has 5 heteroatoms. The number of rotatable bonds is 3. The zero-order valence-corrected chi connectivity index (χ0v) is 13.3. The van der Waals surface area contributed by atoms with Gasteiger partial charge < -0.3 is 9.47 Å². The number of carbonyl (C=O) groups is 1. The first-order valence-electron chi connectivity index (χ1n) is 7.36. The van der Waals surface area contributed by atoms with Gasteiger partial charge in [-0.2, -0.15) is 5.10 Å². The smallest absolute Gasteiger partial charge is 0.167 e. The van der Waals surface area contributed by atoms with Gasteiger partial charge in [-0.3, -0.25) is 9.48 Å². The van der Waals surface area contributed by atoms with E-state index in [-0.39, 0.29) is 5.78 Å². The topological polar surface area (TPSA) is 53.4 Å². The van der Waals surface area contributed by atoms with Gasteiger partial charge >= 0.3 is 0 Å². The Morgan fingerprint density at radius 2 is 1.91 bits per heavy atom. The Kier molecular flexibility index (Phi) is 3.64. The van der Waals surface area contributed by atoms with E-state index in [0.29, 0.717) is 23.8 Å². The van der Waals surface area contributed by atoms with E-state index in [0.717, 1.165) is 28.9 Å². The predicted molar refractivity (Wildman–Crippen MR) is 83.6 cm³/mol. The number of benzene rings is 1. The molecule has 1 aromatic heterocycles. The van der Waals surface area contributed by atoms with Crippen LogP contribution in [0, 0.1) is 5.92 Å². The van der Waals surface area contributed by atoms with Gasteiger partial charge in [0.25, 0.3) is 0 Å². The van der Waals surface area contributed by atoms with Crippen molar-refractivity contribution in [2.24, 2.45) is 13.0 Å². The molecule has 0 aliphatic heterocycles. The summed E-state index contributed by atoms with van der Waals surface area (Å²) < 4.78 is 12.4. The molecule has 0 N–H and O–H groups in total. The van der Waals surface area contributed by atoms with Crippen LogP contribution in [0.3, 0.4) is 0 Å². The standard InChI is InChI=1S/C17H20N2O3/c1-10-7-12-16(13(20)8-10)17(18-19(12)2)11-5-6-14(21-3)15(9-11)22-4/h5-6,9-10H,7-8H2,1-4H3/t10-/m1/s1. The molecule has 0 unspecified atom stereocenters. The number of Topliss-reactive ketones (excluding diaryl/α,β-unsaturated/α-hetero) is 1. The zero-order valence-electron chi connectivity index (χ0n) is 13.3. The lowest BCUT2D eigenvalue weighted by Gasteiger charge is -2.18. The van der Waals surface area contributed by atoms with Crippen molar-refractivity contribution >= 4 is 5.78 Å². The van der Waals surface area contributed by atoms with Gasteiger partial charge in [0.05, 0.1) is 19.8 Å². The number of ether oxygens (including phenoxy) is 2. The number of carbonyl (C=O) groups excluding carboxylic acids is 1. The van der Waals surface area contributed by atoms with E-state index in [2.05, 4.69) is 12.0 Å². The molecule has 22 heavy (non-hydrogen) atoms. The monoisotopic (exact) mass is 300 g/mol. The summed E-state index contributed by atoms with van der Waals surface area (Å²) in [5.41, 5.74) is 3.38. The summed E-state index contributed by atoms with van der Waals surface area (Å²) in [6.07, 6.45) is 1.47.